The van der Waals surface area contributed by atoms with Crippen LogP contribution in [-0.4, -0.2) is 56.4 Å². The number of carbonyl (C=O) groups is 1. The summed E-state index contributed by atoms with van der Waals surface area (Å²) in [4.78, 5) is 18.7. The maximum Gasteiger partial charge on any atom is 0.410 e. The molecule has 2 aromatic rings. The molecule has 4 heterocycles. The number of fused-ring (bicyclic) bond motifs is 3. The molecule has 0 aliphatic carbocycles. The molecule has 2 unspecified atom stereocenters. The summed E-state index contributed by atoms with van der Waals surface area (Å²) >= 11 is 0. The zero-order valence-corrected chi connectivity index (χ0v) is 15.4. The van der Waals surface area contributed by atoms with E-state index < -0.39 is 11.2 Å². The molecule has 7 nitrogen and oxygen atoms in total. The minimum atomic E-state index is -1.00. The molecular formula is C19H25N3O4. The fraction of sp³-hybridized carbons (Fsp3) is 0.579. The summed E-state index contributed by atoms with van der Waals surface area (Å²) in [5, 5.41) is 11.4. The summed E-state index contributed by atoms with van der Waals surface area (Å²) < 4.78 is 13.1. The molecule has 2 aliphatic heterocycles. The van der Waals surface area contributed by atoms with Gasteiger partial charge in [0.25, 0.3) is 0 Å². The van der Waals surface area contributed by atoms with Crippen LogP contribution >= 0.6 is 0 Å². The molecule has 140 valence electrons. The first-order chi connectivity index (χ1) is 12.3. The van der Waals surface area contributed by atoms with Gasteiger partial charge in [-0.2, -0.15) is 0 Å². The minimum Gasteiger partial charge on any atom is -0.444 e. The molecule has 0 spiro atoms. The lowest BCUT2D eigenvalue weighted by atomic mass is 9.77. The molecule has 1 N–H and O–H groups in total. The van der Waals surface area contributed by atoms with Gasteiger partial charge >= 0.3 is 6.09 Å². The Morgan fingerprint density at radius 2 is 2.00 bits per heavy atom. The van der Waals surface area contributed by atoms with Crippen molar-refractivity contribution < 1.29 is 19.4 Å². The van der Waals surface area contributed by atoms with Crippen LogP contribution in [0.5, 0.6) is 0 Å². The third-order valence-corrected chi connectivity index (χ3v) is 5.08. The molecule has 2 saturated heterocycles. The highest BCUT2D eigenvalue weighted by molar-refractivity contribution is 5.69. The number of pyridine rings is 1. The van der Waals surface area contributed by atoms with Crippen LogP contribution in [-0.2, 0) is 15.1 Å². The molecule has 2 aromatic heterocycles. The second-order valence-electron chi connectivity index (χ2n) is 8.28. The summed E-state index contributed by atoms with van der Waals surface area (Å²) in [6, 6.07) is 3.41. The molecule has 2 fully saturated rings. The molecule has 0 saturated carbocycles. The van der Waals surface area contributed by atoms with E-state index in [-0.39, 0.29) is 18.2 Å². The van der Waals surface area contributed by atoms with Gasteiger partial charge in [0.05, 0.1) is 30.9 Å². The van der Waals surface area contributed by atoms with Crippen molar-refractivity contribution >= 4 is 11.7 Å². The van der Waals surface area contributed by atoms with Crippen molar-refractivity contribution in [3.63, 3.8) is 0 Å². The number of imidazole rings is 1. The van der Waals surface area contributed by atoms with Gasteiger partial charge in [0.2, 0.25) is 0 Å². The van der Waals surface area contributed by atoms with Crippen LogP contribution in [0.4, 0.5) is 4.79 Å². The Kier molecular flexibility index (Phi) is 3.96. The molecule has 4 rings (SSSR count). The van der Waals surface area contributed by atoms with Gasteiger partial charge in [-0.05, 0) is 26.8 Å². The third-order valence-electron chi connectivity index (χ3n) is 5.08. The van der Waals surface area contributed by atoms with E-state index in [0.717, 1.165) is 11.2 Å². The normalized spacial score (nSPS) is 29.0. The van der Waals surface area contributed by atoms with Crippen LogP contribution in [0.2, 0.25) is 0 Å². The van der Waals surface area contributed by atoms with Gasteiger partial charge < -0.3 is 19.0 Å². The van der Waals surface area contributed by atoms with E-state index in [9.17, 15) is 9.90 Å². The fourth-order valence-corrected chi connectivity index (χ4v) is 4.02. The van der Waals surface area contributed by atoms with Gasteiger partial charge in [-0.15, -0.1) is 0 Å². The Labute approximate surface area is 152 Å². The van der Waals surface area contributed by atoms with Crippen molar-refractivity contribution in [2.45, 2.75) is 56.9 Å². The van der Waals surface area contributed by atoms with Crippen molar-refractivity contribution in [2.24, 2.45) is 0 Å². The number of aromatic nitrogens is 2. The Morgan fingerprint density at radius 3 is 2.65 bits per heavy atom. The maximum absolute atomic E-state index is 12.7. The van der Waals surface area contributed by atoms with Crippen LogP contribution in [0.15, 0.2) is 30.7 Å². The Bertz CT molecular complexity index is 812. The van der Waals surface area contributed by atoms with Crippen molar-refractivity contribution in [1.82, 2.24) is 14.3 Å². The summed E-state index contributed by atoms with van der Waals surface area (Å²) in [7, 11) is 0. The minimum absolute atomic E-state index is 0.208. The largest absolute Gasteiger partial charge is 0.444 e. The highest BCUT2D eigenvalue weighted by Crippen LogP contribution is 2.41. The third kappa shape index (κ3) is 3.05. The average Bonchev–Trinajstić information content (AvgIpc) is 2.99. The Balaban J connectivity index is 1.61. The van der Waals surface area contributed by atoms with Crippen molar-refractivity contribution in [3.8, 4) is 0 Å². The second-order valence-corrected chi connectivity index (χ2v) is 8.28. The molecule has 1 amide bonds. The lowest BCUT2D eigenvalue weighted by molar-refractivity contribution is -0.141. The summed E-state index contributed by atoms with van der Waals surface area (Å²) in [6.45, 7) is 6.39. The van der Waals surface area contributed by atoms with Gasteiger partial charge in [-0.25, -0.2) is 9.78 Å². The molecular weight excluding hydrogens is 334 g/mol. The molecule has 2 aliphatic rings. The molecule has 26 heavy (non-hydrogen) atoms. The molecule has 0 radical (unpaired) electrons. The van der Waals surface area contributed by atoms with Crippen LogP contribution in [0.1, 0.15) is 39.2 Å². The molecule has 2 bridgehead atoms. The number of hydrogen-bond acceptors (Lipinski definition) is 5. The van der Waals surface area contributed by atoms with Crippen LogP contribution < -0.4 is 0 Å². The van der Waals surface area contributed by atoms with E-state index in [1.165, 1.54) is 0 Å². The summed E-state index contributed by atoms with van der Waals surface area (Å²) in [5.41, 5.74) is 0.124. The van der Waals surface area contributed by atoms with Crippen LogP contribution in [0, 0.1) is 0 Å². The summed E-state index contributed by atoms with van der Waals surface area (Å²) in [6.07, 6.45) is 6.02. The SMILES string of the molecule is CC(C)(C)OC(=O)N1C2COCC1CC(O)(c1ccc3nccn3c1)C2. The first-order valence-electron chi connectivity index (χ1n) is 9.00. The monoisotopic (exact) mass is 359 g/mol. The molecule has 2 atom stereocenters. The zero-order chi connectivity index (χ0) is 18.5. The van der Waals surface area contributed by atoms with Gasteiger partial charge in [0.15, 0.2) is 0 Å². The summed E-state index contributed by atoms with van der Waals surface area (Å²) in [5.74, 6) is 0. The van der Waals surface area contributed by atoms with E-state index in [1.807, 2.05) is 49.7 Å². The Morgan fingerprint density at radius 1 is 1.31 bits per heavy atom. The number of nitrogens with zero attached hydrogens (tertiary/aromatic N) is 3. The first-order valence-corrected chi connectivity index (χ1v) is 9.00. The van der Waals surface area contributed by atoms with Crippen molar-refractivity contribution in [3.05, 3.63) is 36.3 Å². The number of morpholine rings is 1. The number of piperidine rings is 1. The van der Waals surface area contributed by atoms with Crippen molar-refractivity contribution in [2.75, 3.05) is 13.2 Å². The number of aliphatic hydroxyl groups is 1. The van der Waals surface area contributed by atoms with E-state index in [4.69, 9.17) is 9.47 Å². The number of hydrogen-bond donors (Lipinski definition) is 1. The molecule has 0 aromatic carbocycles. The van der Waals surface area contributed by atoms with Crippen LogP contribution in [0.25, 0.3) is 5.65 Å². The standard InChI is InChI=1S/C19H25N3O4/c1-18(2,3)26-17(23)22-14-8-19(24,9-15(22)12-25-11-14)13-4-5-16-20-6-7-21(16)10-13/h4-7,10,14-15,24H,8-9,11-12H2,1-3H3. The lowest BCUT2D eigenvalue weighted by Crippen LogP contribution is -2.63. The van der Waals surface area contributed by atoms with E-state index in [0.29, 0.717) is 26.1 Å². The van der Waals surface area contributed by atoms with E-state index >= 15 is 0 Å². The number of carbonyl (C=O) groups excluding carboxylic acids is 1. The Hall–Kier alpha value is -2.12. The first kappa shape index (κ1) is 17.3. The van der Waals surface area contributed by atoms with Gasteiger partial charge in [-0.3, -0.25) is 4.90 Å². The quantitative estimate of drug-likeness (QED) is 0.846. The second kappa shape index (κ2) is 5.96. The van der Waals surface area contributed by atoms with Gasteiger partial charge in [0.1, 0.15) is 11.2 Å². The number of amides is 1. The lowest BCUT2D eigenvalue weighted by Gasteiger charge is -2.51. The number of ether oxygens (including phenoxy) is 2. The maximum atomic E-state index is 12.7. The van der Waals surface area contributed by atoms with Gasteiger partial charge in [-0.1, -0.05) is 6.07 Å². The topological polar surface area (TPSA) is 76.3 Å². The highest BCUT2D eigenvalue weighted by atomic mass is 16.6. The fourth-order valence-electron chi connectivity index (χ4n) is 4.02. The smallest absolute Gasteiger partial charge is 0.410 e. The predicted octanol–water partition coefficient (Wildman–Crippen LogP) is 2.32. The average molecular weight is 359 g/mol. The predicted molar refractivity (Wildman–Crippen MR) is 94.8 cm³/mol. The highest BCUT2D eigenvalue weighted by Gasteiger charge is 2.50. The van der Waals surface area contributed by atoms with Crippen LogP contribution in [0.3, 0.4) is 0 Å². The zero-order valence-electron chi connectivity index (χ0n) is 15.4. The van der Waals surface area contributed by atoms with E-state index in [1.54, 1.807) is 11.1 Å². The van der Waals surface area contributed by atoms with Crippen molar-refractivity contribution in [1.29, 1.82) is 0 Å². The van der Waals surface area contributed by atoms with E-state index in [2.05, 4.69) is 4.98 Å². The van der Waals surface area contributed by atoms with Gasteiger partial charge in [0, 0.05) is 37.0 Å². The number of rotatable bonds is 1. The molecule has 7 heteroatoms.